The lowest BCUT2D eigenvalue weighted by Gasteiger charge is -2.10. The summed E-state index contributed by atoms with van der Waals surface area (Å²) >= 11 is 0. The molecule has 0 atom stereocenters. The highest BCUT2D eigenvalue weighted by molar-refractivity contribution is 6.01. The van der Waals surface area contributed by atoms with E-state index in [0.717, 1.165) is 11.3 Å². The molecule has 0 fully saturated rings. The summed E-state index contributed by atoms with van der Waals surface area (Å²) in [6.07, 6.45) is 0. The summed E-state index contributed by atoms with van der Waals surface area (Å²) in [5, 5.41) is 19.3. The van der Waals surface area contributed by atoms with Crippen LogP contribution in [-0.4, -0.2) is 26.7 Å². The molecule has 110 valence electrons. The lowest BCUT2D eigenvalue weighted by atomic mass is 10.1. The Morgan fingerprint density at radius 2 is 1.82 bits per heavy atom. The highest BCUT2D eigenvalue weighted by Crippen LogP contribution is 2.24. The molecule has 0 aliphatic heterocycles. The van der Waals surface area contributed by atoms with Crippen molar-refractivity contribution in [3.05, 3.63) is 54.1 Å². The van der Waals surface area contributed by atoms with Gasteiger partial charge in [0.25, 0.3) is 0 Å². The minimum Gasteiger partial charge on any atom is -0.308 e. The molecule has 2 aromatic carbocycles. The summed E-state index contributed by atoms with van der Waals surface area (Å²) in [7, 11) is 0. The van der Waals surface area contributed by atoms with Gasteiger partial charge < -0.3 is 10.6 Å². The number of aromatic nitrogens is 4. The molecule has 1 heterocycles. The zero-order chi connectivity index (χ0) is 15.4. The van der Waals surface area contributed by atoms with E-state index in [1.807, 2.05) is 49.4 Å². The number of anilines is 2. The lowest BCUT2D eigenvalue weighted by Crippen LogP contribution is -2.19. The number of hydrogen-bond donors (Lipinski definition) is 3. The average molecular weight is 294 g/mol. The summed E-state index contributed by atoms with van der Waals surface area (Å²) in [4.78, 5) is 12.1. The van der Waals surface area contributed by atoms with Crippen LogP contribution >= 0.6 is 0 Å². The van der Waals surface area contributed by atoms with Gasteiger partial charge >= 0.3 is 6.03 Å². The topological polar surface area (TPSA) is 95.6 Å². The molecule has 2 amide bonds. The van der Waals surface area contributed by atoms with Crippen LogP contribution in [0.2, 0.25) is 0 Å². The number of tetrazole rings is 1. The second-order valence-corrected chi connectivity index (χ2v) is 4.73. The normalized spacial score (nSPS) is 10.2. The minimum absolute atomic E-state index is 0.334. The highest BCUT2D eigenvalue weighted by atomic mass is 16.2. The fourth-order valence-electron chi connectivity index (χ4n) is 1.98. The maximum absolute atomic E-state index is 12.1. The van der Waals surface area contributed by atoms with E-state index in [4.69, 9.17) is 0 Å². The third-order valence-corrected chi connectivity index (χ3v) is 3.07. The van der Waals surface area contributed by atoms with Crippen molar-refractivity contribution in [2.75, 3.05) is 10.6 Å². The first-order valence-corrected chi connectivity index (χ1v) is 6.70. The molecule has 0 bridgehead atoms. The van der Waals surface area contributed by atoms with Crippen molar-refractivity contribution in [1.29, 1.82) is 0 Å². The Morgan fingerprint density at radius 1 is 1.05 bits per heavy atom. The number of nitrogens with one attached hydrogen (secondary N) is 3. The summed E-state index contributed by atoms with van der Waals surface area (Å²) in [5.74, 6) is 0.422. The van der Waals surface area contributed by atoms with Crippen LogP contribution in [0.3, 0.4) is 0 Å². The Kier molecular flexibility index (Phi) is 3.78. The third-order valence-electron chi connectivity index (χ3n) is 3.07. The molecule has 0 aliphatic carbocycles. The van der Waals surface area contributed by atoms with E-state index in [2.05, 4.69) is 31.3 Å². The van der Waals surface area contributed by atoms with Gasteiger partial charge in [-0.3, -0.25) is 0 Å². The third kappa shape index (κ3) is 3.09. The van der Waals surface area contributed by atoms with Crippen molar-refractivity contribution in [3.63, 3.8) is 0 Å². The molecule has 7 heteroatoms. The van der Waals surface area contributed by atoms with Crippen molar-refractivity contribution >= 4 is 17.4 Å². The highest BCUT2D eigenvalue weighted by Gasteiger charge is 2.11. The van der Waals surface area contributed by atoms with Crippen molar-refractivity contribution in [2.45, 2.75) is 6.92 Å². The number of urea groups is 1. The van der Waals surface area contributed by atoms with E-state index in [1.165, 1.54) is 0 Å². The SMILES string of the molecule is Cc1ccc(NC(=O)Nc2ccccc2-c2nn[nH]n2)cc1. The standard InChI is InChI=1S/C15H14N6O/c1-10-6-8-11(9-7-10)16-15(22)17-13-5-3-2-4-12(13)14-18-20-21-19-14/h2-9H,1H3,(H2,16,17,22)(H,18,19,20,21). The molecule has 0 spiro atoms. The van der Waals surface area contributed by atoms with Crippen molar-refractivity contribution in [2.24, 2.45) is 0 Å². The molecule has 0 radical (unpaired) electrons. The van der Waals surface area contributed by atoms with E-state index >= 15 is 0 Å². The number of aromatic amines is 1. The van der Waals surface area contributed by atoms with E-state index in [0.29, 0.717) is 17.1 Å². The van der Waals surface area contributed by atoms with Crippen LogP contribution in [0.4, 0.5) is 16.2 Å². The van der Waals surface area contributed by atoms with Crippen LogP contribution in [0.15, 0.2) is 48.5 Å². The van der Waals surface area contributed by atoms with Crippen LogP contribution < -0.4 is 10.6 Å². The molecule has 3 rings (SSSR count). The smallest absolute Gasteiger partial charge is 0.308 e. The predicted octanol–water partition coefficient (Wildman–Crippen LogP) is 2.82. The molecule has 0 saturated heterocycles. The number of aryl methyl sites for hydroxylation is 1. The first-order valence-electron chi connectivity index (χ1n) is 6.70. The summed E-state index contributed by atoms with van der Waals surface area (Å²) in [6.45, 7) is 1.99. The second kappa shape index (κ2) is 6.04. The number of para-hydroxylation sites is 1. The van der Waals surface area contributed by atoms with Crippen LogP contribution in [0.5, 0.6) is 0 Å². The Hall–Kier alpha value is -3.22. The van der Waals surface area contributed by atoms with Gasteiger partial charge in [0.2, 0.25) is 5.82 Å². The Bertz CT molecular complexity index is 767. The van der Waals surface area contributed by atoms with Crippen LogP contribution in [0, 0.1) is 6.92 Å². The van der Waals surface area contributed by atoms with Crippen molar-refractivity contribution in [1.82, 2.24) is 20.6 Å². The van der Waals surface area contributed by atoms with Crippen LogP contribution in [0.1, 0.15) is 5.56 Å². The molecule has 3 aromatic rings. The van der Waals surface area contributed by atoms with Gasteiger partial charge in [-0.05, 0) is 36.4 Å². The largest absolute Gasteiger partial charge is 0.323 e. The number of carbonyl (C=O) groups excluding carboxylic acids is 1. The molecule has 7 nitrogen and oxygen atoms in total. The number of benzene rings is 2. The van der Waals surface area contributed by atoms with E-state index in [9.17, 15) is 4.79 Å². The van der Waals surface area contributed by atoms with Gasteiger partial charge in [-0.15, -0.1) is 10.2 Å². The van der Waals surface area contributed by atoms with Crippen LogP contribution in [0.25, 0.3) is 11.4 Å². The Balaban J connectivity index is 1.76. The minimum atomic E-state index is -0.334. The predicted molar refractivity (Wildman–Crippen MR) is 83.4 cm³/mol. The van der Waals surface area contributed by atoms with E-state index in [1.54, 1.807) is 6.07 Å². The van der Waals surface area contributed by atoms with Gasteiger partial charge in [0.05, 0.1) is 5.69 Å². The summed E-state index contributed by atoms with van der Waals surface area (Å²) < 4.78 is 0. The monoisotopic (exact) mass is 294 g/mol. The Morgan fingerprint density at radius 3 is 2.55 bits per heavy atom. The first kappa shape index (κ1) is 13.7. The number of rotatable bonds is 3. The van der Waals surface area contributed by atoms with Gasteiger partial charge in [-0.2, -0.15) is 5.21 Å². The van der Waals surface area contributed by atoms with E-state index in [-0.39, 0.29) is 6.03 Å². The number of hydrogen-bond acceptors (Lipinski definition) is 4. The molecule has 1 aromatic heterocycles. The zero-order valence-electron chi connectivity index (χ0n) is 11.9. The van der Waals surface area contributed by atoms with Gasteiger partial charge in [0.1, 0.15) is 0 Å². The molecular formula is C15H14N6O. The fourth-order valence-corrected chi connectivity index (χ4v) is 1.98. The van der Waals surface area contributed by atoms with Crippen molar-refractivity contribution in [3.8, 4) is 11.4 Å². The number of nitrogens with zero attached hydrogens (tertiary/aromatic N) is 3. The fraction of sp³-hybridized carbons (Fsp3) is 0.0667. The average Bonchev–Trinajstić information content (AvgIpc) is 3.04. The maximum atomic E-state index is 12.1. The number of carbonyl (C=O) groups is 1. The van der Waals surface area contributed by atoms with Crippen LogP contribution in [-0.2, 0) is 0 Å². The molecular weight excluding hydrogens is 280 g/mol. The zero-order valence-corrected chi connectivity index (χ0v) is 11.9. The number of H-pyrrole nitrogens is 1. The molecule has 22 heavy (non-hydrogen) atoms. The first-order chi connectivity index (χ1) is 10.7. The van der Waals surface area contributed by atoms with Gasteiger partial charge in [-0.25, -0.2) is 4.79 Å². The number of amides is 2. The van der Waals surface area contributed by atoms with E-state index < -0.39 is 0 Å². The quantitative estimate of drug-likeness (QED) is 0.692. The molecule has 0 unspecified atom stereocenters. The molecule has 0 saturated carbocycles. The van der Waals surface area contributed by atoms with Gasteiger partial charge in [-0.1, -0.05) is 29.8 Å². The summed E-state index contributed by atoms with van der Waals surface area (Å²) in [5.41, 5.74) is 3.15. The molecule has 0 aliphatic rings. The van der Waals surface area contributed by atoms with Crippen molar-refractivity contribution < 1.29 is 4.79 Å². The second-order valence-electron chi connectivity index (χ2n) is 4.73. The van der Waals surface area contributed by atoms with Gasteiger partial charge in [0, 0.05) is 11.3 Å². The summed E-state index contributed by atoms with van der Waals surface area (Å²) in [6, 6.07) is 14.5. The lowest BCUT2D eigenvalue weighted by molar-refractivity contribution is 0.262. The maximum Gasteiger partial charge on any atom is 0.323 e. The molecule has 3 N–H and O–H groups in total. The van der Waals surface area contributed by atoms with Gasteiger partial charge in [0.15, 0.2) is 0 Å². The Labute approximate surface area is 126 Å².